The lowest BCUT2D eigenvalue weighted by Gasteiger charge is -2.30. The van der Waals surface area contributed by atoms with E-state index in [-0.39, 0.29) is 6.04 Å². The van der Waals surface area contributed by atoms with E-state index in [2.05, 4.69) is 37.7 Å². The molecule has 1 N–H and O–H groups in total. The monoisotopic (exact) mass is 320 g/mol. The Morgan fingerprint density at radius 3 is 2.82 bits per heavy atom. The van der Waals surface area contributed by atoms with Crippen LogP contribution in [0.15, 0.2) is 17.5 Å². The Morgan fingerprint density at radius 1 is 1.27 bits per heavy atom. The van der Waals surface area contributed by atoms with Crippen molar-refractivity contribution in [1.29, 1.82) is 0 Å². The number of morpholine rings is 1. The zero-order chi connectivity index (χ0) is 14.8. The lowest BCUT2D eigenvalue weighted by Crippen LogP contribution is -3.14. The molecule has 1 aliphatic carbocycles. The summed E-state index contributed by atoms with van der Waals surface area (Å²) < 4.78 is 7.65. The maximum atomic E-state index is 5.54. The second-order valence-corrected chi connectivity index (χ2v) is 7.12. The van der Waals surface area contributed by atoms with Crippen LogP contribution in [0.1, 0.15) is 48.5 Å². The molecule has 0 aromatic carbocycles. The first-order chi connectivity index (χ1) is 10.9. The molecule has 0 unspecified atom stereocenters. The van der Waals surface area contributed by atoms with Gasteiger partial charge in [-0.2, -0.15) is 0 Å². The molecule has 1 saturated heterocycles. The van der Waals surface area contributed by atoms with Crippen LogP contribution in [0.25, 0.3) is 0 Å². The molecule has 2 aromatic rings. The minimum atomic E-state index is 0.236. The van der Waals surface area contributed by atoms with E-state index in [4.69, 9.17) is 4.74 Å². The normalized spacial score (nSPS) is 22.2. The van der Waals surface area contributed by atoms with Crippen molar-refractivity contribution in [3.8, 4) is 0 Å². The first-order valence-electron chi connectivity index (χ1n) is 8.17. The Hall–Kier alpha value is -1.31. The molecular weight excluding hydrogens is 298 g/mol. The fourth-order valence-electron chi connectivity index (χ4n) is 3.69. The largest absolute Gasteiger partial charge is 0.370 e. The predicted octanol–water partition coefficient (Wildman–Crippen LogP) is 0.854. The van der Waals surface area contributed by atoms with Crippen LogP contribution < -0.4 is 4.90 Å². The molecule has 6 nitrogen and oxygen atoms in total. The fraction of sp³-hybridized carbons (Fsp3) is 0.667. The van der Waals surface area contributed by atoms with Gasteiger partial charge in [0.1, 0.15) is 13.1 Å². The van der Waals surface area contributed by atoms with E-state index >= 15 is 0 Å². The first-order valence-corrected chi connectivity index (χ1v) is 9.05. The molecule has 118 valence electrons. The summed E-state index contributed by atoms with van der Waals surface area (Å²) in [5.74, 6) is 1.03. The van der Waals surface area contributed by atoms with Gasteiger partial charge in [-0.3, -0.25) is 0 Å². The maximum absolute atomic E-state index is 5.54. The van der Waals surface area contributed by atoms with Crippen molar-refractivity contribution in [3.63, 3.8) is 0 Å². The summed E-state index contributed by atoms with van der Waals surface area (Å²) in [6, 6.07) is 5.05. The maximum Gasteiger partial charge on any atom is 0.215 e. The van der Waals surface area contributed by atoms with Crippen molar-refractivity contribution in [1.82, 2.24) is 20.2 Å². The van der Waals surface area contributed by atoms with Gasteiger partial charge in [0.05, 0.1) is 24.1 Å². The molecule has 7 heteroatoms. The highest BCUT2D eigenvalue weighted by Crippen LogP contribution is 2.31. The van der Waals surface area contributed by atoms with E-state index in [1.165, 1.54) is 35.5 Å². The van der Waals surface area contributed by atoms with Gasteiger partial charge >= 0.3 is 0 Å². The van der Waals surface area contributed by atoms with E-state index in [0.717, 1.165) is 32.1 Å². The lowest BCUT2D eigenvalue weighted by molar-refractivity contribution is -0.933. The van der Waals surface area contributed by atoms with E-state index < -0.39 is 0 Å². The number of nitrogens with zero attached hydrogens (tertiary/aromatic N) is 4. The lowest BCUT2D eigenvalue weighted by atomic mass is 10.1. The summed E-state index contributed by atoms with van der Waals surface area (Å²) in [6.45, 7) is 3.67. The highest BCUT2D eigenvalue weighted by molar-refractivity contribution is 7.10. The molecule has 0 radical (unpaired) electrons. The van der Waals surface area contributed by atoms with Crippen molar-refractivity contribution in [2.24, 2.45) is 0 Å². The van der Waals surface area contributed by atoms with Crippen LogP contribution in [0.4, 0.5) is 0 Å². The second-order valence-electron chi connectivity index (χ2n) is 6.14. The second kappa shape index (κ2) is 6.44. The molecule has 1 saturated carbocycles. The molecule has 1 aliphatic heterocycles. The van der Waals surface area contributed by atoms with Gasteiger partial charge in [-0.25, -0.2) is 4.68 Å². The quantitative estimate of drug-likeness (QED) is 0.907. The highest BCUT2D eigenvalue weighted by atomic mass is 32.1. The zero-order valence-corrected chi connectivity index (χ0v) is 13.5. The van der Waals surface area contributed by atoms with Crippen molar-refractivity contribution in [2.75, 3.05) is 26.3 Å². The highest BCUT2D eigenvalue weighted by Gasteiger charge is 2.35. The zero-order valence-electron chi connectivity index (χ0n) is 12.6. The Morgan fingerprint density at radius 2 is 2.09 bits per heavy atom. The van der Waals surface area contributed by atoms with Crippen LogP contribution in [-0.2, 0) is 4.74 Å². The fourth-order valence-corrected chi connectivity index (χ4v) is 4.57. The molecule has 3 heterocycles. The van der Waals surface area contributed by atoms with Gasteiger partial charge in [0.15, 0.2) is 6.04 Å². The number of nitrogens with one attached hydrogen (secondary N) is 1. The van der Waals surface area contributed by atoms with Gasteiger partial charge in [0, 0.05) is 0 Å². The number of rotatable bonds is 4. The minimum absolute atomic E-state index is 0.236. The van der Waals surface area contributed by atoms with Crippen LogP contribution in [0, 0.1) is 0 Å². The Bertz CT molecular complexity index is 587. The van der Waals surface area contributed by atoms with Crippen LogP contribution in [-0.4, -0.2) is 46.5 Å². The number of tetrazole rings is 1. The summed E-state index contributed by atoms with van der Waals surface area (Å²) in [7, 11) is 0. The predicted molar refractivity (Wildman–Crippen MR) is 83.0 cm³/mol. The van der Waals surface area contributed by atoms with E-state index in [1.54, 1.807) is 11.3 Å². The third kappa shape index (κ3) is 2.68. The van der Waals surface area contributed by atoms with Crippen LogP contribution in [0.5, 0.6) is 0 Å². The average molecular weight is 320 g/mol. The third-order valence-corrected chi connectivity index (χ3v) is 5.76. The summed E-state index contributed by atoms with van der Waals surface area (Å²) in [4.78, 5) is 2.87. The smallest absolute Gasteiger partial charge is 0.215 e. The molecule has 1 atom stereocenters. The summed E-state index contributed by atoms with van der Waals surface area (Å²) >= 11 is 1.80. The summed E-state index contributed by atoms with van der Waals surface area (Å²) in [6.07, 6.45) is 4.98. The van der Waals surface area contributed by atoms with Crippen LogP contribution in [0.2, 0.25) is 0 Å². The molecule has 4 rings (SSSR count). The average Bonchev–Trinajstić information content (AvgIpc) is 3.31. The van der Waals surface area contributed by atoms with E-state index in [9.17, 15) is 0 Å². The van der Waals surface area contributed by atoms with Gasteiger partial charge in [0.2, 0.25) is 5.82 Å². The number of ether oxygens (including phenoxy) is 1. The molecule has 2 aromatic heterocycles. The number of aromatic nitrogens is 4. The van der Waals surface area contributed by atoms with E-state index in [0.29, 0.717) is 6.04 Å². The van der Waals surface area contributed by atoms with Crippen molar-refractivity contribution in [3.05, 3.63) is 28.2 Å². The minimum Gasteiger partial charge on any atom is -0.370 e. The molecule has 0 bridgehead atoms. The molecule has 2 aliphatic rings. The van der Waals surface area contributed by atoms with Crippen LogP contribution >= 0.6 is 11.3 Å². The van der Waals surface area contributed by atoms with Crippen molar-refractivity contribution in [2.45, 2.75) is 37.8 Å². The summed E-state index contributed by atoms with van der Waals surface area (Å²) in [5.41, 5.74) is 0. The number of thiophene rings is 1. The Kier molecular flexibility index (Phi) is 4.18. The SMILES string of the molecule is c1csc([C@H](c2nnnn2C2CCCC2)[NH+]2CCOCC2)c1. The Labute approximate surface area is 134 Å². The summed E-state index contributed by atoms with van der Waals surface area (Å²) in [5, 5.41) is 14.9. The van der Waals surface area contributed by atoms with Gasteiger partial charge in [-0.1, -0.05) is 18.9 Å². The molecule has 22 heavy (non-hydrogen) atoms. The molecule has 0 amide bonds. The van der Waals surface area contributed by atoms with Crippen molar-refractivity contribution < 1.29 is 9.64 Å². The van der Waals surface area contributed by atoms with Crippen LogP contribution in [0.3, 0.4) is 0 Å². The first kappa shape index (κ1) is 14.3. The molecular formula is C15H22N5OS+. The van der Waals surface area contributed by atoms with Gasteiger partial charge in [-0.15, -0.1) is 16.4 Å². The molecule has 2 fully saturated rings. The van der Waals surface area contributed by atoms with E-state index in [1.807, 2.05) is 0 Å². The third-order valence-electron chi connectivity index (χ3n) is 4.82. The molecule has 0 spiro atoms. The topological polar surface area (TPSA) is 57.3 Å². The van der Waals surface area contributed by atoms with Crippen molar-refractivity contribution >= 4 is 11.3 Å². The number of quaternary nitrogens is 1. The van der Waals surface area contributed by atoms with Gasteiger partial charge in [0.25, 0.3) is 0 Å². The Balaban J connectivity index is 1.70. The number of hydrogen-bond donors (Lipinski definition) is 1. The van der Waals surface area contributed by atoms with Gasteiger partial charge < -0.3 is 9.64 Å². The number of hydrogen-bond acceptors (Lipinski definition) is 5. The standard InChI is InChI=1S/C15H21N5OS/c1-2-5-12(4-1)20-15(16-17-18-20)14(13-6-3-11-22-13)19-7-9-21-10-8-19/h3,6,11-12,14H,1-2,4-5,7-10H2/p+1/t14-/m1/s1. The van der Waals surface area contributed by atoms with Gasteiger partial charge in [-0.05, 0) is 34.7 Å².